The number of anilines is 6. The van der Waals surface area contributed by atoms with Gasteiger partial charge in [0.2, 0.25) is 0 Å². The molecule has 0 spiro atoms. The summed E-state index contributed by atoms with van der Waals surface area (Å²) in [6.07, 6.45) is 0. The lowest BCUT2D eigenvalue weighted by molar-refractivity contribution is 0.660. The minimum absolute atomic E-state index is 0.126. The minimum Gasteiger partial charge on any atom is -0.310 e. The normalized spacial score (nSPS) is 12.7. The molecule has 2 nitrogen and oxygen atoms in total. The number of rotatable bonds is 7. The third-order valence-corrected chi connectivity index (χ3v) is 10.4. The molecule has 8 aromatic rings. The first kappa shape index (κ1) is 30.7. The first-order chi connectivity index (χ1) is 25.1. The smallest absolute Gasteiger partial charge is 0.0546 e. The monoisotopic (exact) mass is 654 g/mol. The predicted molar refractivity (Wildman–Crippen MR) is 216 cm³/mol. The first-order valence-corrected chi connectivity index (χ1v) is 17.7. The van der Waals surface area contributed by atoms with Crippen molar-refractivity contribution in [2.45, 2.75) is 19.3 Å². The number of fused-ring (bicyclic) bond motifs is 4. The lowest BCUT2D eigenvalue weighted by atomic mass is 9.82. The van der Waals surface area contributed by atoms with E-state index in [2.05, 4.69) is 218 Å². The number of hydrogen-bond donors (Lipinski definition) is 0. The van der Waals surface area contributed by atoms with Gasteiger partial charge < -0.3 is 9.80 Å². The SMILES string of the molecule is CC1(C)c2ccccc2-c2ccc(N(c3cccc(N(c4ccccc4)c4ccccc4)c3)c3ccc4ccccc4c3-c3ccccc3)cc21. The molecule has 0 saturated carbocycles. The number of para-hydroxylation sites is 2. The second kappa shape index (κ2) is 12.5. The molecular formula is C49H38N2. The van der Waals surface area contributed by atoms with Crippen LogP contribution in [0.2, 0.25) is 0 Å². The van der Waals surface area contributed by atoms with E-state index < -0.39 is 0 Å². The average Bonchev–Trinajstić information content (AvgIpc) is 3.42. The van der Waals surface area contributed by atoms with Gasteiger partial charge in [0, 0.05) is 39.4 Å². The Morgan fingerprint density at radius 1 is 0.373 bits per heavy atom. The zero-order valence-electron chi connectivity index (χ0n) is 28.9. The van der Waals surface area contributed by atoms with Crippen LogP contribution in [0.15, 0.2) is 194 Å². The molecule has 9 rings (SSSR count). The van der Waals surface area contributed by atoms with E-state index in [1.807, 2.05) is 0 Å². The summed E-state index contributed by atoms with van der Waals surface area (Å²) in [6, 6.07) is 70.3. The van der Waals surface area contributed by atoms with Crippen molar-refractivity contribution in [1.82, 2.24) is 0 Å². The number of benzene rings is 8. The summed E-state index contributed by atoms with van der Waals surface area (Å²) >= 11 is 0. The molecule has 2 heteroatoms. The first-order valence-electron chi connectivity index (χ1n) is 17.7. The molecule has 8 aromatic carbocycles. The highest BCUT2D eigenvalue weighted by atomic mass is 15.2. The second-order valence-corrected chi connectivity index (χ2v) is 13.8. The maximum absolute atomic E-state index is 2.46. The molecule has 0 saturated heterocycles. The fourth-order valence-electron chi connectivity index (χ4n) is 7.99. The summed E-state index contributed by atoms with van der Waals surface area (Å²) in [5.41, 5.74) is 14.3. The molecule has 1 aliphatic rings. The largest absolute Gasteiger partial charge is 0.310 e. The maximum Gasteiger partial charge on any atom is 0.0546 e. The van der Waals surface area contributed by atoms with Crippen LogP contribution in [0.4, 0.5) is 34.1 Å². The summed E-state index contributed by atoms with van der Waals surface area (Å²) in [5, 5.41) is 2.45. The fraction of sp³-hybridized carbons (Fsp3) is 0.0612. The molecule has 1 aliphatic carbocycles. The van der Waals surface area contributed by atoms with Gasteiger partial charge in [-0.05, 0) is 99.3 Å². The molecule has 0 N–H and O–H groups in total. The molecule has 0 amide bonds. The quantitative estimate of drug-likeness (QED) is 0.169. The average molecular weight is 655 g/mol. The Balaban J connectivity index is 1.30. The van der Waals surface area contributed by atoms with Crippen molar-refractivity contribution in [3.05, 3.63) is 205 Å². The van der Waals surface area contributed by atoms with Crippen LogP contribution in [0.25, 0.3) is 33.0 Å². The Morgan fingerprint density at radius 2 is 0.922 bits per heavy atom. The Bertz CT molecular complexity index is 2460. The van der Waals surface area contributed by atoms with Gasteiger partial charge in [-0.1, -0.05) is 147 Å². The molecule has 0 fully saturated rings. The Hall–Kier alpha value is -6.38. The number of nitrogens with zero attached hydrogens (tertiary/aromatic N) is 2. The molecule has 0 heterocycles. The highest BCUT2D eigenvalue weighted by Crippen LogP contribution is 2.52. The molecular weight excluding hydrogens is 617 g/mol. The highest BCUT2D eigenvalue weighted by molar-refractivity contribution is 6.05. The molecule has 0 bridgehead atoms. The van der Waals surface area contributed by atoms with Gasteiger partial charge in [0.05, 0.1) is 5.69 Å². The Labute approximate surface area is 300 Å². The summed E-state index contributed by atoms with van der Waals surface area (Å²) < 4.78 is 0. The lowest BCUT2D eigenvalue weighted by Crippen LogP contribution is -2.17. The molecule has 0 aromatic heterocycles. The van der Waals surface area contributed by atoms with E-state index in [1.54, 1.807) is 0 Å². The summed E-state index contributed by atoms with van der Waals surface area (Å²) in [6.45, 7) is 4.71. The van der Waals surface area contributed by atoms with Crippen molar-refractivity contribution in [2.75, 3.05) is 9.80 Å². The summed E-state index contributed by atoms with van der Waals surface area (Å²) in [5.74, 6) is 0. The van der Waals surface area contributed by atoms with Crippen molar-refractivity contribution in [2.24, 2.45) is 0 Å². The minimum atomic E-state index is -0.126. The molecule has 0 radical (unpaired) electrons. The third kappa shape index (κ3) is 5.28. The summed E-state index contributed by atoms with van der Waals surface area (Å²) in [4.78, 5) is 4.80. The van der Waals surface area contributed by atoms with Crippen LogP contribution in [-0.2, 0) is 5.41 Å². The van der Waals surface area contributed by atoms with Crippen LogP contribution in [0, 0.1) is 0 Å². The van der Waals surface area contributed by atoms with Gasteiger partial charge in [-0.15, -0.1) is 0 Å². The molecule has 0 atom stereocenters. The number of hydrogen-bond acceptors (Lipinski definition) is 2. The van der Waals surface area contributed by atoms with Gasteiger partial charge in [-0.25, -0.2) is 0 Å². The zero-order chi connectivity index (χ0) is 34.4. The van der Waals surface area contributed by atoms with Gasteiger partial charge >= 0.3 is 0 Å². The zero-order valence-corrected chi connectivity index (χ0v) is 28.9. The Morgan fingerprint density at radius 3 is 1.65 bits per heavy atom. The van der Waals surface area contributed by atoms with Gasteiger partial charge in [-0.2, -0.15) is 0 Å². The van der Waals surface area contributed by atoms with Crippen molar-refractivity contribution < 1.29 is 0 Å². The van der Waals surface area contributed by atoms with Crippen LogP contribution < -0.4 is 9.80 Å². The van der Waals surface area contributed by atoms with E-state index in [0.717, 1.165) is 34.1 Å². The maximum atomic E-state index is 2.46. The van der Waals surface area contributed by atoms with Crippen molar-refractivity contribution in [1.29, 1.82) is 0 Å². The fourth-order valence-corrected chi connectivity index (χ4v) is 7.99. The summed E-state index contributed by atoms with van der Waals surface area (Å²) in [7, 11) is 0. The van der Waals surface area contributed by atoms with Crippen LogP contribution in [0.1, 0.15) is 25.0 Å². The van der Waals surface area contributed by atoms with E-state index in [0.29, 0.717) is 0 Å². The van der Waals surface area contributed by atoms with Gasteiger partial charge in [0.25, 0.3) is 0 Å². The highest BCUT2D eigenvalue weighted by Gasteiger charge is 2.36. The lowest BCUT2D eigenvalue weighted by Gasteiger charge is -2.32. The molecule has 244 valence electrons. The van der Waals surface area contributed by atoms with E-state index in [1.165, 1.54) is 44.2 Å². The van der Waals surface area contributed by atoms with Crippen LogP contribution in [0.3, 0.4) is 0 Å². The third-order valence-electron chi connectivity index (χ3n) is 10.4. The topological polar surface area (TPSA) is 6.48 Å². The van der Waals surface area contributed by atoms with Crippen molar-refractivity contribution in [3.63, 3.8) is 0 Å². The van der Waals surface area contributed by atoms with Crippen LogP contribution in [-0.4, -0.2) is 0 Å². The molecule has 0 unspecified atom stereocenters. The van der Waals surface area contributed by atoms with Crippen molar-refractivity contribution in [3.8, 4) is 22.3 Å². The molecule has 51 heavy (non-hydrogen) atoms. The van der Waals surface area contributed by atoms with Crippen molar-refractivity contribution >= 4 is 44.9 Å². The standard InChI is InChI=1S/C49H38N2/c1-49(2)45-28-15-14-27-43(45)44-31-30-41(34-46(44)49)51(47-32-29-35-17-12-13-26-42(35)48(47)36-18-6-3-7-19-36)40-25-16-24-39(33-40)50(37-20-8-4-9-21-37)38-22-10-5-11-23-38/h3-34H,1-2H3. The van der Waals surface area contributed by atoms with Gasteiger partial charge in [0.15, 0.2) is 0 Å². The second-order valence-electron chi connectivity index (χ2n) is 13.8. The van der Waals surface area contributed by atoms with Gasteiger partial charge in [0.1, 0.15) is 0 Å². The van der Waals surface area contributed by atoms with Crippen LogP contribution in [0.5, 0.6) is 0 Å². The molecule has 0 aliphatic heterocycles. The van der Waals surface area contributed by atoms with E-state index in [4.69, 9.17) is 0 Å². The van der Waals surface area contributed by atoms with E-state index >= 15 is 0 Å². The van der Waals surface area contributed by atoms with E-state index in [-0.39, 0.29) is 5.41 Å². The van der Waals surface area contributed by atoms with E-state index in [9.17, 15) is 0 Å². The van der Waals surface area contributed by atoms with Gasteiger partial charge in [-0.3, -0.25) is 0 Å². The predicted octanol–water partition coefficient (Wildman–Crippen LogP) is 13.8. The Kier molecular flexibility index (Phi) is 7.51. The van der Waals surface area contributed by atoms with Crippen LogP contribution >= 0.6 is 0 Å².